The van der Waals surface area contributed by atoms with E-state index in [0.717, 1.165) is 27.9 Å². The first-order valence-electron chi connectivity index (χ1n) is 6.47. The summed E-state index contributed by atoms with van der Waals surface area (Å²) < 4.78 is 6.81. The third-order valence-corrected chi connectivity index (χ3v) is 4.59. The van der Waals surface area contributed by atoms with E-state index in [0.29, 0.717) is 18.2 Å². The van der Waals surface area contributed by atoms with Gasteiger partial charge in [0.25, 0.3) is 5.91 Å². The molecule has 1 aromatic carbocycles. The van der Waals surface area contributed by atoms with Gasteiger partial charge in [-0.15, -0.1) is 11.3 Å². The topological polar surface area (TPSA) is 38.3 Å². The van der Waals surface area contributed by atoms with E-state index in [-0.39, 0.29) is 5.91 Å². The van der Waals surface area contributed by atoms with Crippen LogP contribution in [-0.2, 0) is 6.61 Å². The maximum atomic E-state index is 12.0. The maximum absolute atomic E-state index is 12.0. The molecule has 0 bridgehead atoms. The molecule has 0 saturated heterocycles. The molecule has 1 aliphatic carbocycles. The van der Waals surface area contributed by atoms with Crippen LogP contribution in [0.15, 0.2) is 39.5 Å². The molecule has 2 aromatic rings. The van der Waals surface area contributed by atoms with Gasteiger partial charge in [0.15, 0.2) is 0 Å². The number of carbonyl (C=O) groups excluding carboxylic acids is 1. The minimum atomic E-state index is -0.0174. The minimum absolute atomic E-state index is 0.0174. The second kappa shape index (κ2) is 5.97. The van der Waals surface area contributed by atoms with Crippen LogP contribution < -0.4 is 10.1 Å². The molecular weight excluding hydrogens is 338 g/mol. The maximum Gasteiger partial charge on any atom is 0.251 e. The number of halogens is 1. The molecule has 1 saturated carbocycles. The molecule has 3 rings (SSSR count). The van der Waals surface area contributed by atoms with Crippen molar-refractivity contribution < 1.29 is 9.53 Å². The number of hydrogen-bond acceptors (Lipinski definition) is 3. The summed E-state index contributed by atoms with van der Waals surface area (Å²) in [5.41, 5.74) is 1.77. The fourth-order valence-electron chi connectivity index (χ4n) is 1.81. The Bertz CT molecular complexity index is 622. The lowest BCUT2D eigenvalue weighted by Crippen LogP contribution is -2.25. The number of amides is 1. The van der Waals surface area contributed by atoms with E-state index >= 15 is 0 Å². The molecular formula is C15H14BrNO2S. The first-order chi connectivity index (χ1) is 9.70. The van der Waals surface area contributed by atoms with Gasteiger partial charge in [0.1, 0.15) is 12.4 Å². The van der Waals surface area contributed by atoms with Crippen LogP contribution >= 0.6 is 27.3 Å². The highest BCUT2D eigenvalue weighted by Gasteiger charge is 2.23. The number of hydrogen-bond donors (Lipinski definition) is 1. The van der Waals surface area contributed by atoms with Crippen LogP contribution in [-0.4, -0.2) is 11.9 Å². The molecule has 0 radical (unpaired) electrons. The van der Waals surface area contributed by atoms with Crippen LogP contribution in [0.2, 0.25) is 0 Å². The van der Waals surface area contributed by atoms with Crippen molar-refractivity contribution in [1.29, 1.82) is 0 Å². The molecule has 5 heteroatoms. The van der Waals surface area contributed by atoms with Crippen molar-refractivity contribution in [3.8, 4) is 5.75 Å². The highest BCUT2D eigenvalue weighted by atomic mass is 79.9. The number of benzene rings is 1. The lowest BCUT2D eigenvalue weighted by atomic mass is 10.2. The van der Waals surface area contributed by atoms with Crippen LogP contribution in [0.3, 0.4) is 0 Å². The largest absolute Gasteiger partial charge is 0.489 e. The van der Waals surface area contributed by atoms with Crippen molar-refractivity contribution in [3.05, 3.63) is 50.6 Å². The van der Waals surface area contributed by atoms with Crippen molar-refractivity contribution >= 4 is 33.2 Å². The second-order valence-electron chi connectivity index (χ2n) is 4.82. The molecule has 1 aromatic heterocycles. The summed E-state index contributed by atoms with van der Waals surface area (Å²) in [4.78, 5) is 12.0. The molecule has 0 unspecified atom stereocenters. The monoisotopic (exact) mass is 351 g/mol. The molecule has 104 valence electrons. The van der Waals surface area contributed by atoms with E-state index in [1.54, 1.807) is 17.4 Å². The van der Waals surface area contributed by atoms with Crippen molar-refractivity contribution in [3.63, 3.8) is 0 Å². The van der Waals surface area contributed by atoms with Gasteiger partial charge in [-0.1, -0.05) is 6.07 Å². The van der Waals surface area contributed by atoms with Crippen molar-refractivity contribution in [2.45, 2.75) is 25.5 Å². The summed E-state index contributed by atoms with van der Waals surface area (Å²) in [6.45, 7) is 0.510. The highest BCUT2D eigenvalue weighted by Crippen LogP contribution is 2.23. The number of carbonyl (C=O) groups is 1. The Kier molecular flexibility index (Phi) is 4.08. The van der Waals surface area contributed by atoms with Gasteiger partial charge in [-0.25, -0.2) is 0 Å². The predicted molar refractivity (Wildman–Crippen MR) is 83.3 cm³/mol. The van der Waals surface area contributed by atoms with Gasteiger partial charge in [0.05, 0.1) is 3.79 Å². The van der Waals surface area contributed by atoms with E-state index in [4.69, 9.17) is 4.74 Å². The van der Waals surface area contributed by atoms with Gasteiger partial charge in [0, 0.05) is 17.2 Å². The Morgan fingerprint density at radius 3 is 2.95 bits per heavy atom. The molecule has 1 aliphatic rings. The molecule has 0 spiro atoms. The van der Waals surface area contributed by atoms with Crippen molar-refractivity contribution in [2.24, 2.45) is 0 Å². The van der Waals surface area contributed by atoms with E-state index < -0.39 is 0 Å². The standard InChI is InChI=1S/C15H14BrNO2S/c16-14-6-10(9-20-14)8-19-13-3-1-2-11(7-13)15(18)17-12-4-5-12/h1-3,6-7,9,12H,4-5,8H2,(H,17,18). The van der Waals surface area contributed by atoms with E-state index in [9.17, 15) is 4.79 Å². The third kappa shape index (κ3) is 3.61. The zero-order chi connectivity index (χ0) is 13.9. The highest BCUT2D eigenvalue weighted by molar-refractivity contribution is 9.11. The Labute approximate surface area is 130 Å². The fraction of sp³-hybridized carbons (Fsp3) is 0.267. The molecule has 1 amide bonds. The Hall–Kier alpha value is -1.33. The number of thiophene rings is 1. The van der Waals surface area contributed by atoms with Gasteiger partial charge < -0.3 is 10.1 Å². The number of rotatable bonds is 5. The third-order valence-electron chi connectivity index (χ3n) is 3.04. The molecule has 1 fully saturated rings. The smallest absolute Gasteiger partial charge is 0.251 e. The summed E-state index contributed by atoms with van der Waals surface area (Å²) in [5, 5.41) is 5.02. The van der Waals surface area contributed by atoms with Crippen molar-refractivity contribution in [2.75, 3.05) is 0 Å². The zero-order valence-electron chi connectivity index (χ0n) is 10.8. The lowest BCUT2D eigenvalue weighted by Gasteiger charge is -2.07. The van der Waals surface area contributed by atoms with E-state index in [1.807, 2.05) is 29.6 Å². The molecule has 1 heterocycles. The summed E-state index contributed by atoms with van der Waals surface area (Å²) in [5.74, 6) is 0.701. The predicted octanol–water partition coefficient (Wildman–Crippen LogP) is 3.98. The van der Waals surface area contributed by atoms with Crippen LogP contribution in [0.1, 0.15) is 28.8 Å². The lowest BCUT2D eigenvalue weighted by molar-refractivity contribution is 0.0950. The van der Waals surface area contributed by atoms with Crippen LogP contribution in [0.25, 0.3) is 0 Å². The summed E-state index contributed by atoms with van der Waals surface area (Å²) in [6.07, 6.45) is 2.18. The average molecular weight is 352 g/mol. The Morgan fingerprint density at radius 2 is 2.25 bits per heavy atom. The summed E-state index contributed by atoms with van der Waals surface area (Å²) in [7, 11) is 0. The van der Waals surface area contributed by atoms with Crippen LogP contribution in [0, 0.1) is 0 Å². The van der Waals surface area contributed by atoms with Crippen LogP contribution in [0.5, 0.6) is 5.75 Å². The molecule has 3 nitrogen and oxygen atoms in total. The molecule has 0 atom stereocenters. The Morgan fingerprint density at radius 1 is 1.40 bits per heavy atom. The summed E-state index contributed by atoms with van der Waals surface area (Å²) >= 11 is 5.06. The first-order valence-corrected chi connectivity index (χ1v) is 8.14. The van der Waals surface area contributed by atoms with Gasteiger partial charge in [-0.05, 0) is 58.4 Å². The first kappa shape index (κ1) is 13.6. The number of ether oxygens (including phenoxy) is 1. The molecule has 20 heavy (non-hydrogen) atoms. The van der Waals surface area contributed by atoms with Gasteiger partial charge in [0.2, 0.25) is 0 Å². The zero-order valence-corrected chi connectivity index (χ0v) is 13.2. The Balaban J connectivity index is 1.62. The molecule has 0 aliphatic heterocycles. The average Bonchev–Trinajstić information content (AvgIpc) is 3.17. The van der Waals surface area contributed by atoms with Crippen LogP contribution in [0.4, 0.5) is 0 Å². The van der Waals surface area contributed by atoms with Gasteiger partial charge in [-0.3, -0.25) is 4.79 Å². The number of nitrogens with one attached hydrogen (secondary N) is 1. The molecule has 1 N–H and O–H groups in total. The van der Waals surface area contributed by atoms with E-state index in [1.165, 1.54) is 0 Å². The minimum Gasteiger partial charge on any atom is -0.489 e. The quantitative estimate of drug-likeness (QED) is 0.884. The van der Waals surface area contributed by atoms with E-state index in [2.05, 4.69) is 21.2 Å². The normalized spacial score (nSPS) is 14.1. The fourth-order valence-corrected chi connectivity index (χ4v) is 3.01. The van der Waals surface area contributed by atoms with Gasteiger partial charge >= 0.3 is 0 Å². The SMILES string of the molecule is O=C(NC1CC1)c1cccc(OCc2csc(Br)c2)c1. The second-order valence-corrected chi connectivity index (χ2v) is 7.11. The van der Waals surface area contributed by atoms with Crippen molar-refractivity contribution in [1.82, 2.24) is 5.32 Å². The van der Waals surface area contributed by atoms with Gasteiger partial charge in [-0.2, -0.15) is 0 Å². The summed E-state index contributed by atoms with van der Waals surface area (Å²) in [6, 6.07) is 9.73.